The Morgan fingerprint density at radius 3 is 2.82 bits per heavy atom. The average molecular weight is 149 g/mol. The third kappa shape index (κ3) is 1.08. The van der Waals surface area contributed by atoms with Crippen LogP contribution in [0.5, 0.6) is 0 Å². The van der Waals surface area contributed by atoms with Crippen LogP contribution in [0.3, 0.4) is 0 Å². The molecule has 0 aliphatic heterocycles. The summed E-state index contributed by atoms with van der Waals surface area (Å²) < 4.78 is 1.23. The zero-order chi connectivity index (χ0) is 8.43. The van der Waals surface area contributed by atoms with Gasteiger partial charge in [-0.25, -0.2) is 0 Å². The van der Waals surface area contributed by atoms with Gasteiger partial charge in [0.15, 0.2) is 0 Å². The van der Waals surface area contributed by atoms with E-state index in [1.54, 1.807) is 0 Å². The highest BCUT2D eigenvalue weighted by atomic mass is 16.1. The maximum atomic E-state index is 10.9. The van der Waals surface area contributed by atoms with Crippen LogP contribution in [0.4, 0.5) is 5.82 Å². The quantitative estimate of drug-likeness (QED) is 0.557. The Balaban J connectivity index is 3.52. The molecule has 0 spiro atoms. The number of nitrogens with two attached hydrogens (primary N) is 1. The van der Waals surface area contributed by atoms with Crippen LogP contribution in [-0.4, -0.2) is 4.57 Å². The molecule has 1 aromatic rings. The van der Waals surface area contributed by atoms with Crippen LogP contribution in [0.15, 0.2) is 16.9 Å². The molecule has 0 saturated carbocycles. The van der Waals surface area contributed by atoms with Crippen molar-refractivity contribution in [3.05, 3.63) is 28.0 Å². The Kier molecular flexibility index (Phi) is 1.65. The fraction of sp³-hybridized carbons (Fsp3) is 0.143. The van der Waals surface area contributed by atoms with Gasteiger partial charge in [-0.15, -0.1) is 0 Å². The zero-order valence-corrected chi connectivity index (χ0v) is 6.03. The summed E-state index contributed by atoms with van der Waals surface area (Å²) in [5, 5.41) is 8.49. The maximum Gasteiger partial charge on any atom is 0.251 e. The van der Waals surface area contributed by atoms with Crippen molar-refractivity contribution in [3.8, 4) is 6.07 Å². The van der Waals surface area contributed by atoms with Crippen LogP contribution in [0.2, 0.25) is 0 Å². The first-order chi connectivity index (χ1) is 5.16. The summed E-state index contributed by atoms with van der Waals surface area (Å²) in [7, 11) is 1.53. The second-order valence-electron chi connectivity index (χ2n) is 2.14. The number of hydrogen-bond acceptors (Lipinski definition) is 3. The van der Waals surface area contributed by atoms with Gasteiger partial charge in [-0.1, -0.05) is 0 Å². The molecule has 1 rings (SSSR count). The van der Waals surface area contributed by atoms with Crippen LogP contribution in [-0.2, 0) is 7.05 Å². The first-order valence-electron chi connectivity index (χ1n) is 3.02. The van der Waals surface area contributed by atoms with Crippen molar-refractivity contribution in [3.63, 3.8) is 0 Å². The molecule has 4 nitrogen and oxygen atoms in total. The number of pyridine rings is 1. The van der Waals surface area contributed by atoms with E-state index >= 15 is 0 Å². The zero-order valence-electron chi connectivity index (χ0n) is 6.03. The molecule has 4 heteroatoms. The van der Waals surface area contributed by atoms with Crippen LogP contribution in [0.25, 0.3) is 0 Å². The topological polar surface area (TPSA) is 71.8 Å². The minimum absolute atomic E-state index is 0.207. The minimum atomic E-state index is -0.207. The largest absolute Gasteiger partial charge is 0.384 e. The summed E-state index contributed by atoms with van der Waals surface area (Å²) in [5.41, 5.74) is 5.55. The highest BCUT2D eigenvalue weighted by Gasteiger charge is 2.00. The summed E-state index contributed by atoms with van der Waals surface area (Å²) in [6.45, 7) is 0. The van der Waals surface area contributed by atoms with Crippen molar-refractivity contribution in [1.29, 1.82) is 5.26 Å². The Hall–Kier alpha value is -1.76. The lowest BCUT2D eigenvalue weighted by Crippen LogP contribution is -2.19. The molecule has 0 fully saturated rings. The first-order valence-corrected chi connectivity index (χ1v) is 3.02. The second kappa shape index (κ2) is 2.46. The molecule has 0 radical (unpaired) electrons. The van der Waals surface area contributed by atoms with Gasteiger partial charge in [0.1, 0.15) is 11.9 Å². The third-order valence-corrected chi connectivity index (χ3v) is 1.48. The van der Waals surface area contributed by atoms with Gasteiger partial charge in [-0.2, -0.15) is 5.26 Å². The summed E-state index contributed by atoms with van der Waals surface area (Å²) in [4.78, 5) is 10.9. The highest BCUT2D eigenvalue weighted by Crippen LogP contribution is 2.03. The first kappa shape index (κ1) is 7.35. The van der Waals surface area contributed by atoms with E-state index in [1.807, 2.05) is 6.07 Å². The summed E-state index contributed by atoms with van der Waals surface area (Å²) in [6, 6.07) is 4.61. The van der Waals surface area contributed by atoms with E-state index < -0.39 is 0 Å². The van der Waals surface area contributed by atoms with E-state index in [4.69, 9.17) is 11.0 Å². The molecule has 0 amide bonds. The molecule has 0 aliphatic rings. The van der Waals surface area contributed by atoms with Crippen molar-refractivity contribution < 1.29 is 0 Å². The standard InChI is InChI=1S/C7H7N3O/c1-10-6(11)3-2-5(4-8)7(10)9/h2-3H,9H2,1H3. The van der Waals surface area contributed by atoms with E-state index in [1.165, 1.54) is 23.7 Å². The molecule has 0 bridgehead atoms. The van der Waals surface area contributed by atoms with Gasteiger partial charge in [0.05, 0.1) is 5.56 Å². The fourth-order valence-corrected chi connectivity index (χ4v) is 0.746. The van der Waals surface area contributed by atoms with Gasteiger partial charge in [0.25, 0.3) is 5.56 Å². The Morgan fingerprint density at radius 1 is 1.64 bits per heavy atom. The number of aromatic nitrogens is 1. The van der Waals surface area contributed by atoms with Crippen LogP contribution in [0.1, 0.15) is 5.56 Å². The van der Waals surface area contributed by atoms with E-state index in [2.05, 4.69) is 0 Å². The van der Waals surface area contributed by atoms with Crippen LogP contribution < -0.4 is 11.3 Å². The molecule has 2 N–H and O–H groups in total. The third-order valence-electron chi connectivity index (χ3n) is 1.48. The molecule has 0 aromatic carbocycles. The maximum absolute atomic E-state index is 10.9. The SMILES string of the molecule is Cn1c(N)c(C#N)ccc1=O. The van der Waals surface area contributed by atoms with E-state index in [0.717, 1.165) is 0 Å². The van der Waals surface area contributed by atoms with Crippen molar-refractivity contribution in [2.45, 2.75) is 0 Å². The van der Waals surface area contributed by atoms with Gasteiger partial charge in [0.2, 0.25) is 0 Å². The number of rotatable bonds is 0. The number of hydrogen-bond donors (Lipinski definition) is 1. The number of nitriles is 1. The summed E-state index contributed by atoms with van der Waals surface area (Å²) in [5.74, 6) is 0.208. The van der Waals surface area contributed by atoms with E-state index in [0.29, 0.717) is 5.56 Å². The average Bonchev–Trinajstić information content (AvgIpc) is 2.01. The monoisotopic (exact) mass is 149 g/mol. The molecule has 0 unspecified atom stereocenters. The van der Waals surface area contributed by atoms with Gasteiger partial charge in [0, 0.05) is 13.1 Å². The van der Waals surface area contributed by atoms with Crippen LogP contribution >= 0.6 is 0 Å². The van der Waals surface area contributed by atoms with Crippen molar-refractivity contribution in [2.75, 3.05) is 5.73 Å². The van der Waals surface area contributed by atoms with Crippen molar-refractivity contribution >= 4 is 5.82 Å². The molecule has 56 valence electrons. The van der Waals surface area contributed by atoms with Crippen molar-refractivity contribution in [1.82, 2.24) is 4.57 Å². The summed E-state index contributed by atoms with van der Waals surface area (Å²) in [6.07, 6.45) is 0. The predicted octanol–water partition coefficient (Wildman–Crippen LogP) is -0.161. The summed E-state index contributed by atoms with van der Waals surface area (Å²) >= 11 is 0. The highest BCUT2D eigenvalue weighted by molar-refractivity contribution is 5.48. The number of nitrogens with zero attached hydrogens (tertiary/aromatic N) is 2. The van der Waals surface area contributed by atoms with Gasteiger partial charge in [-0.3, -0.25) is 9.36 Å². The van der Waals surface area contributed by atoms with Crippen molar-refractivity contribution in [2.24, 2.45) is 7.05 Å². The van der Waals surface area contributed by atoms with Gasteiger partial charge in [-0.05, 0) is 6.07 Å². The van der Waals surface area contributed by atoms with E-state index in [9.17, 15) is 4.79 Å². The Bertz CT molecular complexity index is 372. The fourth-order valence-electron chi connectivity index (χ4n) is 0.746. The van der Waals surface area contributed by atoms with Crippen LogP contribution in [0, 0.1) is 11.3 Å². The number of anilines is 1. The molecule has 0 aliphatic carbocycles. The molecule has 1 aromatic heterocycles. The minimum Gasteiger partial charge on any atom is -0.384 e. The lowest BCUT2D eigenvalue weighted by molar-refractivity contribution is 0.872. The smallest absolute Gasteiger partial charge is 0.251 e. The van der Waals surface area contributed by atoms with Gasteiger partial charge >= 0.3 is 0 Å². The normalized spacial score (nSPS) is 9.09. The lowest BCUT2D eigenvalue weighted by Gasteiger charge is -2.01. The molecular weight excluding hydrogens is 142 g/mol. The molecular formula is C7H7N3O. The predicted molar refractivity (Wildman–Crippen MR) is 40.8 cm³/mol. The molecule has 0 atom stereocenters. The number of nitrogen functional groups attached to an aromatic ring is 1. The Morgan fingerprint density at radius 2 is 2.27 bits per heavy atom. The molecule has 11 heavy (non-hydrogen) atoms. The molecule has 1 heterocycles. The van der Waals surface area contributed by atoms with E-state index in [-0.39, 0.29) is 11.4 Å². The lowest BCUT2D eigenvalue weighted by atomic mass is 10.3. The van der Waals surface area contributed by atoms with Gasteiger partial charge < -0.3 is 5.73 Å². The second-order valence-corrected chi connectivity index (χ2v) is 2.14. The Labute approximate surface area is 63.5 Å². The molecule has 0 saturated heterocycles.